The first kappa shape index (κ1) is 18.8. The molecule has 6 heteroatoms. The predicted octanol–water partition coefficient (Wildman–Crippen LogP) is 5.96. The number of carbonyl (C=O) groups is 1. The summed E-state index contributed by atoms with van der Waals surface area (Å²) in [7, 11) is 0. The van der Waals surface area contributed by atoms with Crippen LogP contribution in [0.15, 0.2) is 84.9 Å². The zero-order chi connectivity index (χ0) is 20.4. The number of amides is 1. The lowest BCUT2D eigenvalue weighted by Gasteiger charge is -2.18. The quantitative estimate of drug-likeness (QED) is 0.441. The van der Waals surface area contributed by atoms with Crippen molar-refractivity contribution < 1.29 is 18.0 Å². The summed E-state index contributed by atoms with van der Waals surface area (Å²) >= 11 is 0. The van der Waals surface area contributed by atoms with Crippen LogP contribution in [0.5, 0.6) is 0 Å². The molecule has 29 heavy (non-hydrogen) atoms. The summed E-state index contributed by atoms with van der Waals surface area (Å²) < 4.78 is 38.8. The lowest BCUT2D eigenvalue weighted by molar-refractivity contribution is -0.140. The Hall–Kier alpha value is -3.54. The highest BCUT2D eigenvalue weighted by atomic mass is 19.4. The van der Waals surface area contributed by atoms with E-state index in [-0.39, 0.29) is 5.91 Å². The summed E-state index contributed by atoms with van der Waals surface area (Å²) in [6.45, 7) is 0. The summed E-state index contributed by atoms with van der Waals surface area (Å²) in [4.78, 5) is 15.5. The molecule has 0 aliphatic carbocycles. The van der Waals surface area contributed by atoms with Crippen LogP contribution in [0, 0.1) is 0 Å². The van der Waals surface area contributed by atoms with Crippen LogP contribution in [0.4, 0.5) is 18.9 Å². The van der Waals surface area contributed by atoms with Gasteiger partial charge in [0.05, 0.1) is 5.92 Å². The van der Waals surface area contributed by atoms with Gasteiger partial charge < -0.3 is 10.3 Å². The molecule has 0 atom stereocenters. The Kier molecular flexibility index (Phi) is 4.84. The number of anilines is 1. The first-order chi connectivity index (χ1) is 13.9. The second-order valence-electron chi connectivity index (χ2n) is 6.73. The molecule has 0 fully saturated rings. The molecule has 2 N–H and O–H groups in total. The molecule has 0 unspecified atom stereocenters. The third-order valence-corrected chi connectivity index (χ3v) is 4.72. The highest BCUT2D eigenvalue weighted by Gasteiger charge is 2.32. The fourth-order valence-electron chi connectivity index (χ4n) is 3.36. The molecule has 0 aliphatic heterocycles. The van der Waals surface area contributed by atoms with Crippen molar-refractivity contribution in [3.63, 3.8) is 0 Å². The van der Waals surface area contributed by atoms with E-state index in [1.54, 1.807) is 6.07 Å². The number of aromatic amines is 1. The molecular weight excluding hydrogens is 377 g/mol. The average molecular weight is 394 g/mol. The van der Waals surface area contributed by atoms with Crippen molar-refractivity contribution in [2.75, 3.05) is 5.32 Å². The lowest BCUT2D eigenvalue weighted by atomic mass is 9.90. The number of alkyl halides is 3. The van der Waals surface area contributed by atoms with E-state index in [0.29, 0.717) is 16.6 Å². The molecule has 0 saturated carbocycles. The van der Waals surface area contributed by atoms with Crippen LogP contribution in [-0.4, -0.2) is 10.9 Å². The molecule has 3 aromatic carbocycles. The standard InChI is InChI=1S/C23H17F3N2O/c24-23(25,26)20-14-17-13-18(11-12-19(17)28-20)27-22(29)21(15-7-3-1-4-8-15)16-9-5-2-6-10-16/h1-14,21,28H,(H,27,29). The van der Waals surface area contributed by atoms with Crippen LogP contribution in [0.2, 0.25) is 0 Å². The number of carbonyl (C=O) groups excluding carboxylic acids is 1. The minimum atomic E-state index is -4.45. The minimum absolute atomic E-state index is 0.256. The van der Waals surface area contributed by atoms with E-state index >= 15 is 0 Å². The number of hydrogen-bond donors (Lipinski definition) is 2. The maximum absolute atomic E-state index is 13.1. The Labute approximate surface area is 165 Å². The highest BCUT2D eigenvalue weighted by Crippen LogP contribution is 2.32. The van der Waals surface area contributed by atoms with Gasteiger partial charge in [0.15, 0.2) is 0 Å². The Balaban J connectivity index is 1.65. The fourth-order valence-corrected chi connectivity index (χ4v) is 3.36. The Morgan fingerprint density at radius 3 is 1.97 bits per heavy atom. The normalized spacial score (nSPS) is 11.7. The van der Waals surface area contributed by atoms with Crippen molar-refractivity contribution in [3.8, 4) is 0 Å². The van der Waals surface area contributed by atoms with E-state index in [0.717, 1.165) is 17.2 Å². The molecule has 4 rings (SSSR count). The first-order valence-corrected chi connectivity index (χ1v) is 9.02. The minimum Gasteiger partial charge on any atom is -0.351 e. The SMILES string of the molecule is O=C(Nc1ccc2[nH]c(C(F)(F)F)cc2c1)C(c1ccccc1)c1ccccc1. The van der Waals surface area contributed by atoms with Gasteiger partial charge in [-0.25, -0.2) is 0 Å². The van der Waals surface area contributed by atoms with Crippen molar-refractivity contribution in [2.45, 2.75) is 12.1 Å². The van der Waals surface area contributed by atoms with E-state index in [2.05, 4.69) is 10.3 Å². The van der Waals surface area contributed by atoms with Gasteiger partial charge in [-0.3, -0.25) is 4.79 Å². The van der Waals surface area contributed by atoms with E-state index in [9.17, 15) is 18.0 Å². The zero-order valence-electron chi connectivity index (χ0n) is 15.2. The van der Waals surface area contributed by atoms with E-state index in [1.165, 1.54) is 12.1 Å². The largest absolute Gasteiger partial charge is 0.431 e. The Morgan fingerprint density at radius 2 is 1.41 bits per heavy atom. The van der Waals surface area contributed by atoms with Crippen molar-refractivity contribution in [3.05, 3.63) is 102 Å². The van der Waals surface area contributed by atoms with Crippen LogP contribution < -0.4 is 5.32 Å². The van der Waals surface area contributed by atoms with Gasteiger partial charge in [-0.1, -0.05) is 60.7 Å². The number of fused-ring (bicyclic) bond motifs is 1. The van der Waals surface area contributed by atoms with Crippen LogP contribution in [0.25, 0.3) is 10.9 Å². The summed E-state index contributed by atoms with van der Waals surface area (Å²) in [5.41, 5.74) is 1.64. The fraction of sp³-hybridized carbons (Fsp3) is 0.0870. The maximum Gasteiger partial charge on any atom is 0.431 e. The molecule has 0 bridgehead atoms. The van der Waals surface area contributed by atoms with Crippen molar-refractivity contribution in [1.29, 1.82) is 0 Å². The van der Waals surface area contributed by atoms with E-state index in [1.807, 2.05) is 60.7 Å². The molecule has 0 spiro atoms. The molecule has 1 heterocycles. The van der Waals surface area contributed by atoms with Crippen LogP contribution in [-0.2, 0) is 11.0 Å². The van der Waals surface area contributed by atoms with Crippen molar-refractivity contribution >= 4 is 22.5 Å². The number of nitrogens with one attached hydrogen (secondary N) is 2. The van der Waals surface area contributed by atoms with Gasteiger partial charge in [0.25, 0.3) is 0 Å². The topological polar surface area (TPSA) is 44.9 Å². The molecule has 1 amide bonds. The van der Waals surface area contributed by atoms with Crippen molar-refractivity contribution in [2.24, 2.45) is 0 Å². The Bertz CT molecular complexity index is 1100. The van der Waals surface area contributed by atoms with Gasteiger partial charge in [0.1, 0.15) is 5.69 Å². The molecule has 4 aromatic rings. The lowest BCUT2D eigenvalue weighted by Crippen LogP contribution is -2.22. The van der Waals surface area contributed by atoms with Gasteiger partial charge in [0, 0.05) is 16.6 Å². The first-order valence-electron chi connectivity index (χ1n) is 9.02. The number of H-pyrrole nitrogens is 1. The van der Waals surface area contributed by atoms with Crippen molar-refractivity contribution in [1.82, 2.24) is 4.98 Å². The van der Waals surface area contributed by atoms with Gasteiger partial charge in [-0.05, 0) is 35.4 Å². The van der Waals surface area contributed by atoms with E-state index < -0.39 is 17.8 Å². The number of benzene rings is 3. The molecular formula is C23H17F3N2O. The number of hydrogen-bond acceptors (Lipinski definition) is 1. The predicted molar refractivity (Wildman–Crippen MR) is 107 cm³/mol. The summed E-state index contributed by atoms with van der Waals surface area (Å²) in [6, 6.07) is 24.4. The molecule has 146 valence electrons. The van der Waals surface area contributed by atoms with Gasteiger partial charge in [-0.15, -0.1) is 0 Å². The second kappa shape index (κ2) is 7.47. The molecule has 0 radical (unpaired) electrons. The number of aromatic nitrogens is 1. The maximum atomic E-state index is 13.1. The summed E-state index contributed by atoms with van der Waals surface area (Å²) in [5, 5.41) is 3.23. The Morgan fingerprint density at radius 1 is 0.828 bits per heavy atom. The monoisotopic (exact) mass is 394 g/mol. The average Bonchev–Trinajstić information content (AvgIpc) is 3.14. The van der Waals surface area contributed by atoms with Crippen LogP contribution in [0.1, 0.15) is 22.7 Å². The summed E-state index contributed by atoms with van der Waals surface area (Å²) in [6.07, 6.45) is -4.45. The van der Waals surface area contributed by atoms with Crippen LogP contribution >= 0.6 is 0 Å². The van der Waals surface area contributed by atoms with Gasteiger partial charge in [0.2, 0.25) is 5.91 Å². The third kappa shape index (κ3) is 4.01. The molecule has 0 aliphatic rings. The highest BCUT2D eigenvalue weighted by molar-refractivity contribution is 5.99. The molecule has 1 aromatic heterocycles. The smallest absolute Gasteiger partial charge is 0.351 e. The van der Waals surface area contributed by atoms with Gasteiger partial charge >= 0.3 is 6.18 Å². The number of rotatable bonds is 4. The molecule has 3 nitrogen and oxygen atoms in total. The summed E-state index contributed by atoms with van der Waals surface area (Å²) in [5.74, 6) is -0.793. The van der Waals surface area contributed by atoms with Crippen LogP contribution in [0.3, 0.4) is 0 Å². The third-order valence-electron chi connectivity index (χ3n) is 4.72. The second-order valence-corrected chi connectivity index (χ2v) is 6.73. The van der Waals surface area contributed by atoms with Gasteiger partial charge in [-0.2, -0.15) is 13.2 Å². The molecule has 0 saturated heterocycles. The number of halogens is 3. The zero-order valence-corrected chi connectivity index (χ0v) is 15.2. The van der Waals surface area contributed by atoms with E-state index in [4.69, 9.17) is 0 Å².